The van der Waals surface area contributed by atoms with Gasteiger partial charge in [0.05, 0.1) is 5.92 Å². The monoisotopic (exact) mass is 314 g/mol. The van der Waals surface area contributed by atoms with Gasteiger partial charge in [-0.25, -0.2) is 9.78 Å². The van der Waals surface area contributed by atoms with Crippen LogP contribution in [0.3, 0.4) is 0 Å². The number of pyridine rings is 1. The van der Waals surface area contributed by atoms with Crippen molar-refractivity contribution >= 4 is 11.8 Å². The number of carbonyl (C=O) groups is 1. The van der Waals surface area contributed by atoms with E-state index in [-0.39, 0.29) is 30.9 Å². The number of aromatic carboxylic acids is 1. The fraction of sp³-hybridized carbons (Fsp3) is 0.600. The van der Waals surface area contributed by atoms with Crippen LogP contribution in [-0.4, -0.2) is 35.3 Å². The first-order chi connectivity index (χ1) is 10.3. The molecule has 7 heteroatoms. The molecule has 1 unspecified atom stereocenters. The lowest BCUT2D eigenvalue weighted by Gasteiger charge is -2.54. The zero-order chi connectivity index (χ0) is 16.0. The lowest BCUT2D eigenvalue weighted by atomic mass is 9.58. The molecule has 0 bridgehead atoms. The number of aromatic nitrogens is 1. The van der Waals surface area contributed by atoms with Gasteiger partial charge in [-0.2, -0.15) is 13.2 Å². The standard InChI is InChI=1S/C15H17F3N2O2/c16-15(17,18)11-4-8-20(9-14(11)5-2-6-14)12-10(13(21)22)3-1-7-19-12/h1,3,7,11H,2,4-6,8-9H2,(H,21,22). The summed E-state index contributed by atoms with van der Waals surface area (Å²) in [5.41, 5.74) is -0.730. The predicted molar refractivity (Wildman–Crippen MR) is 73.9 cm³/mol. The summed E-state index contributed by atoms with van der Waals surface area (Å²) in [6, 6.07) is 2.96. The van der Waals surface area contributed by atoms with E-state index in [1.165, 1.54) is 18.3 Å². The SMILES string of the molecule is O=C(O)c1cccnc1N1CCC(C(F)(F)F)C2(CCC2)C1. The number of alkyl halides is 3. The normalized spacial score (nSPS) is 24.1. The predicted octanol–water partition coefficient (Wildman–Crippen LogP) is 3.34. The van der Waals surface area contributed by atoms with Crippen molar-refractivity contribution in [1.82, 2.24) is 4.98 Å². The molecule has 1 aliphatic carbocycles. The molecule has 1 aromatic rings. The van der Waals surface area contributed by atoms with Gasteiger partial charge in [-0.3, -0.25) is 0 Å². The number of rotatable bonds is 2. The number of nitrogens with zero attached hydrogens (tertiary/aromatic N) is 2. The van der Waals surface area contributed by atoms with Crippen molar-refractivity contribution in [3.8, 4) is 0 Å². The highest BCUT2D eigenvalue weighted by molar-refractivity contribution is 5.93. The third kappa shape index (κ3) is 2.42. The Morgan fingerprint density at radius 3 is 2.68 bits per heavy atom. The van der Waals surface area contributed by atoms with Crippen LogP contribution in [0.4, 0.5) is 19.0 Å². The Labute approximate surface area is 126 Å². The van der Waals surface area contributed by atoms with Gasteiger partial charge in [-0.15, -0.1) is 0 Å². The van der Waals surface area contributed by atoms with Crippen LogP contribution in [0, 0.1) is 11.3 Å². The van der Waals surface area contributed by atoms with Gasteiger partial charge in [-0.1, -0.05) is 6.42 Å². The maximum atomic E-state index is 13.3. The van der Waals surface area contributed by atoms with Crippen LogP contribution in [0.5, 0.6) is 0 Å². The summed E-state index contributed by atoms with van der Waals surface area (Å²) < 4.78 is 39.8. The number of hydrogen-bond acceptors (Lipinski definition) is 3. The van der Waals surface area contributed by atoms with Crippen molar-refractivity contribution in [2.24, 2.45) is 11.3 Å². The van der Waals surface area contributed by atoms with Crippen LogP contribution < -0.4 is 4.90 Å². The zero-order valence-corrected chi connectivity index (χ0v) is 11.9. The molecule has 3 rings (SSSR count). The first kappa shape index (κ1) is 15.1. The van der Waals surface area contributed by atoms with Crippen molar-refractivity contribution in [3.05, 3.63) is 23.9 Å². The third-order valence-corrected chi connectivity index (χ3v) is 4.99. The molecule has 0 radical (unpaired) electrons. The molecule has 1 saturated carbocycles. The number of carboxylic acids is 1. The molecule has 1 spiro atoms. The van der Waals surface area contributed by atoms with E-state index in [0.29, 0.717) is 12.8 Å². The van der Waals surface area contributed by atoms with Crippen LogP contribution in [0.25, 0.3) is 0 Å². The number of carboxylic acid groups (broad SMARTS) is 1. The highest BCUT2D eigenvalue weighted by Crippen LogP contribution is 2.56. The second-order valence-corrected chi connectivity index (χ2v) is 6.20. The molecule has 1 saturated heterocycles. The van der Waals surface area contributed by atoms with Crippen LogP contribution in [0.1, 0.15) is 36.0 Å². The summed E-state index contributed by atoms with van der Waals surface area (Å²) in [5, 5.41) is 9.23. The quantitative estimate of drug-likeness (QED) is 0.909. The molecular weight excluding hydrogens is 297 g/mol. The van der Waals surface area contributed by atoms with Gasteiger partial charge >= 0.3 is 12.1 Å². The Hall–Kier alpha value is -1.79. The summed E-state index contributed by atoms with van der Waals surface area (Å²) in [6.45, 7) is 0.414. The summed E-state index contributed by atoms with van der Waals surface area (Å²) >= 11 is 0. The van der Waals surface area contributed by atoms with Crippen molar-refractivity contribution in [1.29, 1.82) is 0 Å². The van der Waals surface area contributed by atoms with E-state index in [1.807, 2.05) is 0 Å². The van der Waals surface area contributed by atoms with Crippen molar-refractivity contribution in [3.63, 3.8) is 0 Å². The van der Waals surface area contributed by atoms with E-state index in [2.05, 4.69) is 4.98 Å². The van der Waals surface area contributed by atoms with Crippen molar-refractivity contribution < 1.29 is 23.1 Å². The Morgan fingerprint density at radius 2 is 2.14 bits per heavy atom. The highest BCUT2D eigenvalue weighted by Gasteiger charge is 2.58. The van der Waals surface area contributed by atoms with Crippen molar-refractivity contribution in [2.45, 2.75) is 31.9 Å². The molecule has 2 aliphatic rings. The van der Waals surface area contributed by atoms with Crippen molar-refractivity contribution in [2.75, 3.05) is 18.0 Å². The van der Waals surface area contributed by atoms with Gasteiger partial charge in [0.15, 0.2) is 0 Å². The van der Waals surface area contributed by atoms with Gasteiger partial charge < -0.3 is 10.0 Å². The molecule has 2 fully saturated rings. The van der Waals surface area contributed by atoms with E-state index in [0.717, 1.165) is 6.42 Å². The molecule has 4 nitrogen and oxygen atoms in total. The number of anilines is 1. The smallest absolute Gasteiger partial charge is 0.392 e. The Balaban J connectivity index is 1.89. The Kier molecular flexibility index (Phi) is 3.53. The number of piperidine rings is 1. The molecule has 22 heavy (non-hydrogen) atoms. The van der Waals surface area contributed by atoms with Gasteiger partial charge in [0, 0.05) is 19.3 Å². The minimum absolute atomic E-state index is 0.000860. The summed E-state index contributed by atoms with van der Waals surface area (Å²) in [7, 11) is 0. The third-order valence-electron chi connectivity index (χ3n) is 4.99. The van der Waals surface area contributed by atoms with E-state index >= 15 is 0 Å². The molecule has 2 heterocycles. The largest absolute Gasteiger partial charge is 0.478 e. The van der Waals surface area contributed by atoms with Crippen LogP contribution >= 0.6 is 0 Å². The molecule has 1 aromatic heterocycles. The minimum atomic E-state index is -4.19. The Morgan fingerprint density at radius 1 is 1.41 bits per heavy atom. The van der Waals surface area contributed by atoms with E-state index in [9.17, 15) is 23.1 Å². The summed E-state index contributed by atoms with van der Waals surface area (Å²) in [4.78, 5) is 17.1. The second-order valence-electron chi connectivity index (χ2n) is 6.20. The maximum Gasteiger partial charge on any atom is 0.392 e. The lowest BCUT2D eigenvalue weighted by Crippen LogP contribution is -2.57. The average molecular weight is 314 g/mol. The summed E-state index contributed by atoms with van der Waals surface area (Å²) in [6.07, 6.45) is -0.823. The van der Waals surface area contributed by atoms with E-state index in [1.54, 1.807) is 4.90 Å². The van der Waals surface area contributed by atoms with Gasteiger partial charge in [-0.05, 0) is 36.8 Å². The first-order valence-electron chi connectivity index (χ1n) is 7.33. The molecule has 1 N–H and O–H groups in total. The minimum Gasteiger partial charge on any atom is -0.478 e. The molecule has 0 amide bonds. The van der Waals surface area contributed by atoms with E-state index in [4.69, 9.17) is 0 Å². The molecule has 1 atom stereocenters. The lowest BCUT2D eigenvalue weighted by molar-refractivity contribution is -0.225. The van der Waals surface area contributed by atoms with Gasteiger partial charge in [0.2, 0.25) is 0 Å². The van der Waals surface area contributed by atoms with Crippen LogP contribution in [-0.2, 0) is 0 Å². The Bertz CT molecular complexity index is 584. The number of hydrogen-bond donors (Lipinski definition) is 1. The zero-order valence-electron chi connectivity index (χ0n) is 11.9. The average Bonchev–Trinajstić information content (AvgIpc) is 2.44. The van der Waals surface area contributed by atoms with Gasteiger partial charge in [0.25, 0.3) is 0 Å². The molecule has 120 valence electrons. The second kappa shape index (κ2) is 5.14. The van der Waals surface area contributed by atoms with Crippen LogP contribution in [0.2, 0.25) is 0 Å². The first-order valence-corrected chi connectivity index (χ1v) is 7.33. The molecule has 0 aromatic carbocycles. The van der Waals surface area contributed by atoms with Crippen LogP contribution in [0.15, 0.2) is 18.3 Å². The highest BCUT2D eigenvalue weighted by atomic mass is 19.4. The summed E-state index contributed by atoms with van der Waals surface area (Å²) in [5.74, 6) is -2.12. The fourth-order valence-electron chi connectivity index (χ4n) is 3.81. The topological polar surface area (TPSA) is 53.4 Å². The van der Waals surface area contributed by atoms with Gasteiger partial charge in [0.1, 0.15) is 11.4 Å². The molecular formula is C15H17F3N2O2. The van der Waals surface area contributed by atoms with E-state index < -0.39 is 23.5 Å². The maximum absolute atomic E-state index is 13.3. The molecule has 1 aliphatic heterocycles. The fourth-order valence-corrected chi connectivity index (χ4v) is 3.81. The number of halogens is 3.